The molecule has 1 aliphatic heterocycles. The van der Waals surface area contributed by atoms with Gasteiger partial charge in [-0.25, -0.2) is 4.98 Å². The van der Waals surface area contributed by atoms with Gasteiger partial charge in [-0.05, 0) is 30.9 Å². The summed E-state index contributed by atoms with van der Waals surface area (Å²) in [7, 11) is 0. The zero-order chi connectivity index (χ0) is 13.6. The molecule has 1 aromatic carbocycles. The Kier molecular flexibility index (Phi) is 3.23. The van der Waals surface area contributed by atoms with Crippen LogP contribution >= 0.6 is 22.9 Å². The molecule has 0 bridgehead atoms. The summed E-state index contributed by atoms with van der Waals surface area (Å²) in [5.41, 5.74) is 3.38. The fourth-order valence-electron chi connectivity index (χ4n) is 2.43. The minimum absolute atomic E-state index is 0.139. The van der Waals surface area contributed by atoms with Crippen LogP contribution in [0.3, 0.4) is 0 Å². The molecule has 1 amide bonds. The van der Waals surface area contributed by atoms with Gasteiger partial charge >= 0.3 is 0 Å². The highest BCUT2D eigenvalue weighted by Gasteiger charge is 2.32. The van der Waals surface area contributed by atoms with Crippen LogP contribution < -0.4 is 4.90 Å². The molecule has 0 saturated carbocycles. The molecule has 2 aromatic rings. The van der Waals surface area contributed by atoms with Crippen LogP contribution in [0.4, 0.5) is 5.13 Å². The molecule has 0 radical (unpaired) electrons. The molecule has 1 atom stereocenters. The largest absolute Gasteiger partial charge is 0.288 e. The summed E-state index contributed by atoms with van der Waals surface area (Å²) < 4.78 is 1.18. The zero-order valence-electron chi connectivity index (χ0n) is 10.9. The van der Waals surface area contributed by atoms with Crippen molar-refractivity contribution in [3.63, 3.8) is 0 Å². The van der Waals surface area contributed by atoms with E-state index < -0.39 is 0 Å². The lowest BCUT2D eigenvalue weighted by atomic mass is 10.1. The van der Waals surface area contributed by atoms with E-state index >= 15 is 0 Å². The predicted molar refractivity (Wildman–Crippen MR) is 80.3 cm³/mol. The lowest BCUT2D eigenvalue weighted by Gasteiger charge is -2.11. The number of aromatic nitrogens is 1. The minimum Gasteiger partial charge on any atom is -0.288 e. The fraction of sp³-hybridized carbons (Fsp3) is 0.429. The summed E-state index contributed by atoms with van der Waals surface area (Å²) in [6.07, 6.45) is 0.539. The second kappa shape index (κ2) is 4.76. The van der Waals surface area contributed by atoms with Crippen molar-refractivity contribution in [2.24, 2.45) is 5.92 Å². The molecule has 0 N–H and O–H groups in total. The number of hydrogen-bond donors (Lipinski definition) is 0. The highest BCUT2D eigenvalue weighted by Crippen LogP contribution is 2.35. The Hall–Kier alpha value is -1.13. The molecule has 1 aromatic heterocycles. The van der Waals surface area contributed by atoms with E-state index in [1.807, 2.05) is 0 Å². The molecule has 1 fully saturated rings. The highest BCUT2D eigenvalue weighted by atomic mass is 35.5. The third kappa shape index (κ3) is 2.13. The van der Waals surface area contributed by atoms with E-state index in [1.54, 1.807) is 16.2 Å². The molecule has 1 aliphatic rings. The third-order valence-electron chi connectivity index (χ3n) is 3.59. The van der Waals surface area contributed by atoms with Crippen molar-refractivity contribution in [1.29, 1.82) is 0 Å². The lowest BCUT2D eigenvalue weighted by molar-refractivity contribution is -0.117. The van der Waals surface area contributed by atoms with Gasteiger partial charge in [0.05, 0.1) is 10.2 Å². The van der Waals surface area contributed by atoms with Crippen molar-refractivity contribution >= 4 is 44.2 Å². The van der Waals surface area contributed by atoms with Crippen molar-refractivity contribution in [2.45, 2.75) is 20.3 Å². The van der Waals surface area contributed by atoms with Gasteiger partial charge in [0, 0.05) is 18.8 Å². The summed E-state index contributed by atoms with van der Waals surface area (Å²) in [6, 6.07) is 4.18. The maximum Gasteiger partial charge on any atom is 0.229 e. The predicted octanol–water partition coefficient (Wildman–Crippen LogP) is 3.50. The van der Waals surface area contributed by atoms with Crippen LogP contribution in [0.1, 0.15) is 17.5 Å². The van der Waals surface area contributed by atoms with E-state index in [2.05, 4.69) is 31.0 Å². The topological polar surface area (TPSA) is 33.2 Å². The molecule has 5 heteroatoms. The van der Waals surface area contributed by atoms with Gasteiger partial charge < -0.3 is 0 Å². The van der Waals surface area contributed by atoms with Crippen LogP contribution in [0, 0.1) is 19.8 Å². The molecule has 19 heavy (non-hydrogen) atoms. The Morgan fingerprint density at radius 1 is 1.42 bits per heavy atom. The number of nitrogens with zero attached hydrogens (tertiary/aromatic N) is 2. The zero-order valence-corrected chi connectivity index (χ0v) is 12.5. The molecule has 100 valence electrons. The second-order valence-electron chi connectivity index (χ2n) is 5.10. The number of anilines is 1. The Morgan fingerprint density at radius 3 is 2.79 bits per heavy atom. The van der Waals surface area contributed by atoms with Gasteiger partial charge in [-0.15, -0.1) is 11.6 Å². The standard InChI is InChI=1S/C14H15ClN2OS/c1-8-3-4-9(2)13-12(8)16-14(19-13)17-7-10(6-15)5-11(17)18/h3-4,10H,5-7H2,1-2H3. The number of thiazole rings is 1. The minimum atomic E-state index is 0.139. The molecule has 0 aliphatic carbocycles. The number of benzene rings is 1. The second-order valence-corrected chi connectivity index (χ2v) is 6.39. The van der Waals surface area contributed by atoms with Gasteiger partial charge in [0.15, 0.2) is 5.13 Å². The van der Waals surface area contributed by atoms with E-state index in [-0.39, 0.29) is 11.8 Å². The van der Waals surface area contributed by atoms with Crippen LogP contribution in [-0.4, -0.2) is 23.3 Å². The lowest BCUT2D eigenvalue weighted by Crippen LogP contribution is -2.24. The summed E-state index contributed by atoms with van der Waals surface area (Å²) in [5, 5.41) is 0.810. The van der Waals surface area contributed by atoms with Crippen LogP contribution in [0.5, 0.6) is 0 Å². The van der Waals surface area contributed by atoms with E-state index in [0.29, 0.717) is 18.8 Å². The summed E-state index contributed by atoms with van der Waals surface area (Å²) in [5.74, 6) is 0.925. The first-order chi connectivity index (χ1) is 9.10. The SMILES string of the molecule is Cc1ccc(C)c2sc(N3CC(CCl)CC3=O)nc12. The average molecular weight is 295 g/mol. The summed E-state index contributed by atoms with van der Waals surface area (Å²) in [4.78, 5) is 18.5. The first-order valence-corrected chi connectivity index (χ1v) is 7.68. The Balaban J connectivity index is 2.05. The number of aryl methyl sites for hydroxylation is 2. The van der Waals surface area contributed by atoms with E-state index in [4.69, 9.17) is 11.6 Å². The maximum absolute atomic E-state index is 12.0. The molecular formula is C14H15ClN2OS. The van der Waals surface area contributed by atoms with Gasteiger partial charge in [0.25, 0.3) is 0 Å². The summed E-state index contributed by atoms with van der Waals surface area (Å²) in [6.45, 7) is 4.83. The highest BCUT2D eigenvalue weighted by molar-refractivity contribution is 7.22. The van der Waals surface area contributed by atoms with Crippen LogP contribution in [0.25, 0.3) is 10.2 Å². The van der Waals surface area contributed by atoms with Crippen molar-refractivity contribution in [1.82, 2.24) is 4.98 Å². The number of alkyl halides is 1. The fourth-order valence-corrected chi connectivity index (χ4v) is 3.78. The molecule has 0 spiro atoms. The van der Waals surface area contributed by atoms with Crippen LogP contribution in [0.15, 0.2) is 12.1 Å². The van der Waals surface area contributed by atoms with E-state index in [9.17, 15) is 4.79 Å². The van der Waals surface area contributed by atoms with Crippen LogP contribution in [-0.2, 0) is 4.79 Å². The van der Waals surface area contributed by atoms with Gasteiger partial charge in [0.2, 0.25) is 5.91 Å². The quantitative estimate of drug-likeness (QED) is 0.794. The summed E-state index contributed by atoms with van der Waals surface area (Å²) >= 11 is 7.46. The van der Waals surface area contributed by atoms with Crippen molar-refractivity contribution in [3.8, 4) is 0 Å². The van der Waals surface area contributed by atoms with E-state index in [1.165, 1.54) is 10.3 Å². The third-order valence-corrected chi connectivity index (χ3v) is 5.24. The molecule has 1 unspecified atom stereocenters. The van der Waals surface area contributed by atoms with E-state index in [0.717, 1.165) is 16.2 Å². The smallest absolute Gasteiger partial charge is 0.229 e. The van der Waals surface area contributed by atoms with Gasteiger partial charge in [-0.1, -0.05) is 23.5 Å². The molecule has 1 saturated heterocycles. The number of rotatable bonds is 2. The molecule has 3 rings (SSSR count). The Labute approximate surface area is 121 Å². The van der Waals surface area contributed by atoms with Gasteiger partial charge in [-0.2, -0.15) is 0 Å². The monoisotopic (exact) mass is 294 g/mol. The Bertz CT molecular complexity index is 613. The average Bonchev–Trinajstić information content (AvgIpc) is 2.98. The number of carbonyl (C=O) groups excluding carboxylic acids is 1. The number of hydrogen-bond acceptors (Lipinski definition) is 3. The number of amides is 1. The van der Waals surface area contributed by atoms with Crippen molar-refractivity contribution < 1.29 is 4.79 Å². The number of halogens is 1. The maximum atomic E-state index is 12.0. The number of carbonyl (C=O) groups is 1. The Morgan fingerprint density at radius 2 is 2.16 bits per heavy atom. The first-order valence-electron chi connectivity index (χ1n) is 6.33. The van der Waals surface area contributed by atoms with Crippen molar-refractivity contribution in [3.05, 3.63) is 23.3 Å². The van der Waals surface area contributed by atoms with Gasteiger partial charge in [-0.3, -0.25) is 9.69 Å². The molecular weight excluding hydrogens is 280 g/mol. The normalized spacial score (nSPS) is 19.6. The van der Waals surface area contributed by atoms with Gasteiger partial charge in [0.1, 0.15) is 0 Å². The first kappa shape index (κ1) is 12.9. The van der Waals surface area contributed by atoms with Crippen LogP contribution in [0.2, 0.25) is 0 Å². The van der Waals surface area contributed by atoms with Crippen molar-refractivity contribution in [2.75, 3.05) is 17.3 Å². The number of fused-ring (bicyclic) bond motifs is 1. The molecule has 3 nitrogen and oxygen atoms in total. The molecule has 2 heterocycles.